The summed E-state index contributed by atoms with van der Waals surface area (Å²) in [5.41, 5.74) is 12.6. The topological polar surface area (TPSA) is 89.6 Å². The van der Waals surface area contributed by atoms with E-state index in [4.69, 9.17) is 10.5 Å². The minimum Gasteiger partial charge on any atom is -0.458 e. The van der Waals surface area contributed by atoms with E-state index in [0.717, 1.165) is 68.9 Å². The number of rotatable bonds is 3. The van der Waals surface area contributed by atoms with Crippen LogP contribution >= 0.6 is 0 Å². The maximum absolute atomic E-state index is 13.8. The molecule has 0 radical (unpaired) electrons. The number of nitrogens with two attached hydrogens (primary N) is 1. The molecule has 0 saturated heterocycles. The summed E-state index contributed by atoms with van der Waals surface area (Å²) in [5, 5.41) is 10.8. The molecule has 5 heteroatoms. The highest BCUT2D eigenvalue weighted by atomic mass is 16.5. The van der Waals surface area contributed by atoms with Crippen molar-refractivity contribution in [3.05, 3.63) is 22.3 Å². The monoisotopic (exact) mass is 579 g/mol. The molecule has 6 rings (SSSR count). The fourth-order valence-corrected chi connectivity index (χ4v) is 12.4. The molecule has 6 fully saturated rings. The lowest BCUT2D eigenvalue weighted by molar-refractivity contribution is -0.201. The Morgan fingerprint density at radius 1 is 0.929 bits per heavy atom. The van der Waals surface area contributed by atoms with Gasteiger partial charge >= 0.3 is 5.97 Å². The van der Waals surface area contributed by atoms with Crippen LogP contribution in [0.5, 0.6) is 0 Å². The van der Waals surface area contributed by atoms with Crippen molar-refractivity contribution in [2.75, 3.05) is 0 Å². The van der Waals surface area contributed by atoms with Crippen molar-refractivity contribution in [2.24, 2.45) is 51.6 Å². The van der Waals surface area contributed by atoms with Gasteiger partial charge in [-0.2, -0.15) is 0 Å². The summed E-state index contributed by atoms with van der Waals surface area (Å²) in [6, 6.07) is -0.0769. The lowest BCUT2D eigenvalue weighted by Gasteiger charge is -2.68. The standard InChI is InChI=1S/C37H57NO4/c1-21-27-14-17-36(5)31(35(27,4)16-15-29(21)41)19-28(38)34-33(30(42-23(3)40)20-37(34,36)6)32(22(2)39)26-13-9-12-25(18-26)24-10-7-8-11-24/h21,26-31,34,41H,7-20,38H2,1-6H3/b33-32-/t21-,26?,27-,28+,29+,30-,31-,34-,35-,36-,37-/m0/s1. The molecule has 0 aromatic heterocycles. The number of hydrogen-bond acceptors (Lipinski definition) is 5. The van der Waals surface area contributed by atoms with Crippen LogP contribution in [-0.4, -0.2) is 35.1 Å². The average Bonchev–Trinajstić information content (AvgIpc) is 3.56. The van der Waals surface area contributed by atoms with Crippen molar-refractivity contribution >= 4 is 11.8 Å². The van der Waals surface area contributed by atoms with Crippen LogP contribution in [0, 0.1) is 45.8 Å². The van der Waals surface area contributed by atoms with Gasteiger partial charge < -0.3 is 15.6 Å². The van der Waals surface area contributed by atoms with Crippen molar-refractivity contribution in [3.63, 3.8) is 0 Å². The third-order valence-corrected chi connectivity index (χ3v) is 14.5. The first kappa shape index (κ1) is 30.6. The first-order valence-corrected chi connectivity index (χ1v) is 17.4. The zero-order valence-electron chi connectivity index (χ0n) is 27.3. The summed E-state index contributed by atoms with van der Waals surface area (Å²) < 4.78 is 6.22. The third kappa shape index (κ3) is 4.53. The van der Waals surface area contributed by atoms with E-state index in [2.05, 4.69) is 27.7 Å². The largest absolute Gasteiger partial charge is 0.458 e. The predicted molar refractivity (Wildman–Crippen MR) is 166 cm³/mol. The number of aliphatic hydroxyl groups is 1. The van der Waals surface area contributed by atoms with Crippen molar-refractivity contribution in [1.29, 1.82) is 0 Å². The van der Waals surface area contributed by atoms with Crippen LogP contribution in [0.4, 0.5) is 0 Å². The Labute approximate surface area is 254 Å². The van der Waals surface area contributed by atoms with Crippen LogP contribution in [-0.2, 0) is 14.3 Å². The lowest BCUT2D eigenvalue weighted by atomic mass is 9.36. The zero-order valence-corrected chi connectivity index (χ0v) is 27.3. The molecule has 0 aromatic carbocycles. The molecule has 6 saturated carbocycles. The van der Waals surface area contributed by atoms with Crippen LogP contribution in [0.15, 0.2) is 22.3 Å². The maximum Gasteiger partial charge on any atom is 0.303 e. The highest BCUT2D eigenvalue weighted by Crippen LogP contribution is 2.74. The van der Waals surface area contributed by atoms with E-state index in [1.807, 2.05) is 0 Å². The smallest absolute Gasteiger partial charge is 0.303 e. The number of aliphatic hydroxyl groups excluding tert-OH is 1. The summed E-state index contributed by atoms with van der Waals surface area (Å²) in [6.07, 6.45) is 14.6. The van der Waals surface area contributed by atoms with E-state index < -0.39 is 0 Å². The van der Waals surface area contributed by atoms with Gasteiger partial charge in [-0.25, -0.2) is 0 Å². The quantitative estimate of drug-likeness (QED) is 0.206. The second kappa shape index (κ2) is 10.9. The molecule has 42 heavy (non-hydrogen) atoms. The van der Waals surface area contributed by atoms with Crippen LogP contribution < -0.4 is 5.73 Å². The number of ketones is 1. The first-order chi connectivity index (χ1) is 19.8. The first-order valence-electron chi connectivity index (χ1n) is 17.4. The van der Waals surface area contributed by atoms with E-state index in [1.165, 1.54) is 39.0 Å². The maximum atomic E-state index is 13.8. The molecular weight excluding hydrogens is 522 g/mol. The second-order valence-corrected chi connectivity index (χ2v) is 16.3. The van der Waals surface area contributed by atoms with Gasteiger partial charge in [0, 0.05) is 24.5 Å². The van der Waals surface area contributed by atoms with Crippen molar-refractivity contribution in [1.82, 2.24) is 0 Å². The Hall–Kier alpha value is -1.46. The van der Waals surface area contributed by atoms with Gasteiger partial charge in [0.25, 0.3) is 0 Å². The zero-order chi connectivity index (χ0) is 30.2. The fraction of sp³-hybridized carbons (Fsp3) is 0.838. The van der Waals surface area contributed by atoms with Crippen LogP contribution in [0.3, 0.4) is 0 Å². The van der Waals surface area contributed by atoms with E-state index in [1.54, 1.807) is 18.1 Å². The van der Waals surface area contributed by atoms with E-state index in [-0.39, 0.29) is 58.1 Å². The number of allylic oxidation sites excluding steroid dienone is 3. The third-order valence-electron chi connectivity index (χ3n) is 14.5. The second-order valence-electron chi connectivity index (χ2n) is 16.3. The number of carbonyl (C=O) groups is 2. The van der Waals surface area contributed by atoms with Gasteiger partial charge in [-0.05, 0) is 142 Å². The molecule has 3 N–H and O–H groups in total. The summed E-state index contributed by atoms with van der Waals surface area (Å²) in [7, 11) is 0. The number of carbonyl (C=O) groups excluding carboxylic acids is 2. The fourth-order valence-electron chi connectivity index (χ4n) is 12.4. The molecule has 11 atom stereocenters. The minimum absolute atomic E-state index is 0.0202. The summed E-state index contributed by atoms with van der Waals surface area (Å²) in [6.45, 7) is 13.0. The molecule has 234 valence electrons. The van der Waals surface area contributed by atoms with Gasteiger partial charge in [-0.3, -0.25) is 9.59 Å². The number of fused-ring (bicyclic) bond motifs is 5. The molecule has 0 heterocycles. The lowest BCUT2D eigenvalue weighted by Crippen LogP contribution is -2.65. The molecule has 0 bridgehead atoms. The number of esters is 1. The van der Waals surface area contributed by atoms with Crippen molar-refractivity contribution < 1.29 is 19.4 Å². The molecule has 0 spiro atoms. The normalized spacial score (nSPS) is 48.3. The van der Waals surface area contributed by atoms with Gasteiger partial charge in [0.05, 0.1) is 6.10 Å². The average molecular weight is 580 g/mol. The van der Waals surface area contributed by atoms with E-state index in [0.29, 0.717) is 17.8 Å². The van der Waals surface area contributed by atoms with Gasteiger partial charge in [-0.1, -0.05) is 38.8 Å². The van der Waals surface area contributed by atoms with Gasteiger partial charge in [0.2, 0.25) is 0 Å². The summed E-state index contributed by atoms with van der Waals surface area (Å²) in [4.78, 5) is 26.4. The Morgan fingerprint density at radius 2 is 1.62 bits per heavy atom. The van der Waals surface area contributed by atoms with E-state index in [9.17, 15) is 14.7 Å². The van der Waals surface area contributed by atoms with Gasteiger partial charge in [0.15, 0.2) is 5.78 Å². The number of Topliss-reactive ketones (excluding diaryl/α,β-unsaturated/α-hetero) is 1. The Kier molecular flexibility index (Phi) is 7.90. The Bertz CT molecular complexity index is 1180. The molecule has 6 aliphatic carbocycles. The number of ether oxygens (including phenoxy) is 1. The summed E-state index contributed by atoms with van der Waals surface area (Å²) in [5.74, 6) is 1.38. The van der Waals surface area contributed by atoms with Crippen LogP contribution in [0.25, 0.3) is 0 Å². The molecule has 0 amide bonds. The van der Waals surface area contributed by atoms with E-state index >= 15 is 0 Å². The molecule has 6 aliphatic rings. The summed E-state index contributed by atoms with van der Waals surface area (Å²) >= 11 is 0. The number of hydrogen-bond donors (Lipinski definition) is 2. The highest BCUT2D eigenvalue weighted by Gasteiger charge is 2.70. The molecule has 0 aliphatic heterocycles. The Morgan fingerprint density at radius 3 is 2.29 bits per heavy atom. The van der Waals surface area contributed by atoms with Crippen molar-refractivity contribution in [2.45, 2.75) is 150 Å². The van der Waals surface area contributed by atoms with Gasteiger partial charge in [-0.15, -0.1) is 0 Å². The van der Waals surface area contributed by atoms with Crippen LogP contribution in [0.1, 0.15) is 131 Å². The molecule has 5 nitrogen and oxygen atoms in total. The highest BCUT2D eigenvalue weighted by molar-refractivity contribution is 5.95. The minimum atomic E-state index is -0.375. The SMILES string of the molecule is CC(=O)O[C@H]1C[C@@]2(C)[C@H](/C1=C(/C(C)=O)C1CCCC(=C3CCCC3)C1)[C@H](N)C[C@H]1[C@@]3(C)CC[C@@H](O)[C@@H](C)[C@@H]3CC[C@@]12C. The predicted octanol–water partition coefficient (Wildman–Crippen LogP) is 7.45. The van der Waals surface area contributed by atoms with Crippen molar-refractivity contribution in [3.8, 4) is 0 Å². The van der Waals surface area contributed by atoms with Gasteiger partial charge in [0.1, 0.15) is 6.10 Å². The molecule has 1 unspecified atom stereocenters. The molecular formula is C37H57NO4. The Balaban J connectivity index is 1.45. The molecule has 0 aromatic rings. The van der Waals surface area contributed by atoms with Crippen LogP contribution in [0.2, 0.25) is 0 Å².